The third kappa shape index (κ3) is 7.93. The molecule has 0 radical (unpaired) electrons. The summed E-state index contributed by atoms with van der Waals surface area (Å²) in [6.07, 6.45) is 0.986. The van der Waals surface area contributed by atoms with Crippen LogP contribution in [0.3, 0.4) is 0 Å². The molecule has 21 heteroatoms. The first-order valence-corrected chi connectivity index (χ1v) is 15.8. The fourth-order valence-electron chi connectivity index (χ4n) is 5.75. The van der Waals surface area contributed by atoms with E-state index in [0.29, 0.717) is 11.0 Å². The molecule has 1 unspecified atom stereocenters. The quantitative estimate of drug-likeness (QED) is 0.0488. The van der Waals surface area contributed by atoms with Crippen LogP contribution in [0.1, 0.15) is 49.9 Å². The molecule has 278 valence electrons. The molecule has 2 aromatic carbocycles. The van der Waals surface area contributed by atoms with Crippen molar-refractivity contribution in [2.75, 3.05) is 26.2 Å². The maximum Gasteiger partial charge on any atom is 0.547 e. The van der Waals surface area contributed by atoms with E-state index in [1.807, 2.05) is 0 Å². The molecule has 5 rings (SSSR count). The Balaban J connectivity index is 1.28. The Kier molecular flexibility index (Phi) is 11.1. The number of aromatic hydroxyl groups is 2. The molecule has 0 bridgehead atoms. The molecule has 2 atom stereocenters. The van der Waals surface area contributed by atoms with Crippen molar-refractivity contribution in [2.45, 2.75) is 31.7 Å². The van der Waals surface area contributed by atoms with Gasteiger partial charge in [-0.1, -0.05) is 6.07 Å². The molecule has 3 aromatic rings. The van der Waals surface area contributed by atoms with Gasteiger partial charge in [-0.25, -0.2) is 23.4 Å². The number of carbonyl (C=O) groups is 6. The number of nitrogens with one attached hydrogen (secondary N) is 3. The fourth-order valence-corrected chi connectivity index (χ4v) is 5.75. The zero-order valence-corrected chi connectivity index (χ0v) is 27.6. The van der Waals surface area contributed by atoms with E-state index < -0.39 is 101 Å². The summed E-state index contributed by atoms with van der Waals surface area (Å²) < 4.78 is 47.4. The second kappa shape index (κ2) is 15.5. The predicted molar refractivity (Wildman–Crippen MR) is 173 cm³/mol. The molecule has 3 heterocycles. The van der Waals surface area contributed by atoms with Gasteiger partial charge in [0.15, 0.2) is 17.3 Å². The number of benzene rings is 2. The van der Waals surface area contributed by atoms with Crippen molar-refractivity contribution in [3.05, 3.63) is 81.9 Å². The van der Waals surface area contributed by atoms with Crippen molar-refractivity contribution in [3.8, 4) is 17.2 Å². The minimum atomic E-state index is -1.95. The number of imide groups is 1. The van der Waals surface area contributed by atoms with E-state index in [0.717, 1.165) is 23.2 Å². The minimum Gasteiger partial charge on any atom is -0.534 e. The normalized spacial score (nSPS) is 16.0. The number of rotatable bonds is 10. The van der Waals surface area contributed by atoms with Crippen LogP contribution < -0.4 is 20.6 Å². The van der Waals surface area contributed by atoms with Gasteiger partial charge in [-0.2, -0.15) is 4.39 Å². The van der Waals surface area contributed by atoms with Crippen LogP contribution in [0, 0.1) is 24.5 Å². The summed E-state index contributed by atoms with van der Waals surface area (Å²) >= 11 is 0. The number of aromatic carboxylic acids is 1. The highest BCUT2D eigenvalue weighted by atomic mass is 19.1. The summed E-state index contributed by atoms with van der Waals surface area (Å²) in [7, 11) is -1.95. The third-order valence-corrected chi connectivity index (χ3v) is 8.55. The van der Waals surface area contributed by atoms with Gasteiger partial charge in [0.25, 0.3) is 5.91 Å². The number of fused-ring (bicyclic) bond motifs is 1. The Morgan fingerprint density at radius 2 is 1.77 bits per heavy atom. The molecule has 0 spiro atoms. The lowest BCUT2D eigenvalue weighted by Gasteiger charge is -2.34. The number of halogens is 3. The largest absolute Gasteiger partial charge is 0.547 e. The van der Waals surface area contributed by atoms with Gasteiger partial charge in [0.1, 0.15) is 23.2 Å². The van der Waals surface area contributed by atoms with E-state index in [4.69, 9.17) is 4.65 Å². The standard InChI is InChI=1S/C32H30BF3N6O11/c1-14-17(13-19(35)25(44)24(14)43)23(28(46)39-20-11-15-3-4-18(34)22(31(49)50)26(15)53-33(20)52)40-32(51)42-10-9-41(29(47)30(42)48)8-2-6-38-27(45)16-5-7-37-21(36)12-16/h3-5,7,12-13,20,23,43-44,52H,2,6,8-11H2,1H3,(H,38,45)(H,39,46)(H,40,51)(H,49,50)/t20-,23?/m0/s1. The highest BCUT2D eigenvalue weighted by Crippen LogP contribution is 2.37. The van der Waals surface area contributed by atoms with Crippen molar-refractivity contribution < 1.29 is 66.9 Å². The molecule has 6 amide bonds. The molecule has 1 fully saturated rings. The van der Waals surface area contributed by atoms with Crippen LogP contribution in [-0.2, 0) is 20.8 Å². The van der Waals surface area contributed by atoms with Crippen LogP contribution in [0.25, 0.3) is 0 Å². The van der Waals surface area contributed by atoms with Crippen LogP contribution in [0.15, 0.2) is 36.5 Å². The average Bonchev–Trinajstić information content (AvgIpc) is 3.11. The number of carbonyl (C=O) groups excluding carboxylic acids is 5. The smallest absolute Gasteiger partial charge is 0.534 e. The van der Waals surface area contributed by atoms with Gasteiger partial charge in [-0.05, 0) is 49.1 Å². The number of carboxylic acid groups (broad SMARTS) is 1. The molecule has 7 N–H and O–H groups in total. The molecule has 0 saturated carbocycles. The van der Waals surface area contributed by atoms with E-state index in [1.165, 1.54) is 19.1 Å². The molecule has 17 nitrogen and oxygen atoms in total. The van der Waals surface area contributed by atoms with Gasteiger partial charge in [-0.15, -0.1) is 0 Å². The first-order valence-electron chi connectivity index (χ1n) is 15.8. The number of hydrogen-bond donors (Lipinski definition) is 7. The van der Waals surface area contributed by atoms with Crippen molar-refractivity contribution >= 4 is 42.7 Å². The molecule has 1 aromatic heterocycles. The highest BCUT2D eigenvalue weighted by molar-refractivity contribution is 6.47. The molecule has 1 saturated heterocycles. The summed E-state index contributed by atoms with van der Waals surface area (Å²) in [5.41, 5.74) is -1.43. The number of carboxylic acids is 1. The lowest BCUT2D eigenvalue weighted by Crippen LogP contribution is -2.60. The number of nitrogens with zero attached hydrogens (tertiary/aromatic N) is 3. The highest BCUT2D eigenvalue weighted by Gasteiger charge is 2.42. The average molecular weight is 742 g/mol. The Morgan fingerprint density at radius 3 is 2.47 bits per heavy atom. The van der Waals surface area contributed by atoms with Gasteiger partial charge in [-0.3, -0.25) is 24.1 Å². The Morgan fingerprint density at radius 1 is 1.04 bits per heavy atom. The number of pyridine rings is 1. The summed E-state index contributed by atoms with van der Waals surface area (Å²) in [5, 5.41) is 47.4. The number of aromatic nitrogens is 1. The van der Waals surface area contributed by atoms with Gasteiger partial charge < -0.3 is 45.8 Å². The van der Waals surface area contributed by atoms with Crippen LogP contribution in [0.5, 0.6) is 17.2 Å². The summed E-state index contributed by atoms with van der Waals surface area (Å²) in [6.45, 7) is 0.683. The van der Waals surface area contributed by atoms with Crippen molar-refractivity contribution in [3.63, 3.8) is 0 Å². The van der Waals surface area contributed by atoms with Crippen LogP contribution >= 0.6 is 0 Å². The number of urea groups is 1. The zero-order valence-electron chi connectivity index (χ0n) is 27.6. The van der Waals surface area contributed by atoms with Crippen molar-refractivity contribution in [2.24, 2.45) is 0 Å². The van der Waals surface area contributed by atoms with Gasteiger partial charge >= 0.3 is 30.9 Å². The number of piperazine rings is 1. The summed E-state index contributed by atoms with van der Waals surface area (Å²) in [6, 6.07) is 1.65. The lowest BCUT2D eigenvalue weighted by atomic mass is 9.72. The summed E-state index contributed by atoms with van der Waals surface area (Å²) in [5.74, 6) is -13.2. The zero-order chi connectivity index (χ0) is 38.7. The van der Waals surface area contributed by atoms with Crippen LogP contribution in [0.4, 0.5) is 18.0 Å². The number of phenols is 2. The van der Waals surface area contributed by atoms with Crippen molar-refractivity contribution in [1.82, 2.24) is 30.7 Å². The van der Waals surface area contributed by atoms with E-state index in [2.05, 4.69) is 20.9 Å². The van der Waals surface area contributed by atoms with Gasteiger partial charge in [0, 0.05) is 49.6 Å². The lowest BCUT2D eigenvalue weighted by molar-refractivity contribution is -0.153. The Bertz CT molecular complexity index is 2020. The SMILES string of the molecule is Cc1c(C(NC(=O)N2CCN(CCCNC(=O)c3ccnc(F)c3)C(=O)C2=O)C(=O)N[C@H]2Cc3ccc(F)c(C(=O)O)c3OB2O)cc(F)c(O)c1O. The maximum atomic E-state index is 14.6. The van der Waals surface area contributed by atoms with Gasteiger partial charge in [0.05, 0.1) is 5.94 Å². The Hall–Kier alpha value is -6.38. The molecule has 53 heavy (non-hydrogen) atoms. The molecule has 2 aliphatic heterocycles. The number of hydrogen-bond acceptors (Lipinski definition) is 11. The minimum absolute atomic E-state index is 0.0170. The number of amides is 6. The molecule has 0 aliphatic carbocycles. The second-order valence-corrected chi connectivity index (χ2v) is 11.9. The monoisotopic (exact) mass is 742 g/mol. The predicted octanol–water partition coefficient (Wildman–Crippen LogP) is 0.298. The maximum absolute atomic E-state index is 14.6. The molecular formula is C32H30BF3N6O11. The first-order chi connectivity index (χ1) is 25.1. The van der Waals surface area contributed by atoms with Crippen molar-refractivity contribution in [1.29, 1.82) is 0 Å². The fraction of sp³-hybridized carbons (Fsp3) is 0.281. The van der Waals surface area contributed by atoms with E-state index in [9.17, 15) is 62.3 Å². The summed E-state index contributed by atoms with van der Waals surface area (Å²) in [4.78, 5) is 81.9. The van der Waals surface area contributed by atoms with E-state index in [-0.39, 0.29) is 55.7 Å². The van der Waals surface area contributed by atoms with Crippen LogP contribution in [-0.4, -0.2) is 110 Å². The van der Waals surface area contributed by atoms with Crippen LogP contribution in [0.2, 0.25) is 0 Å². The Labute approximate surface area is 297 Å². The molecule has 2 aliphatic rings. The second-order valence-electron chi connectivity index (χ2n) is 11.9. The van der Waals surface area contributed by atoms with Gasteiger partial charge in [0.2, 0.25) is 11.9 Å². The van der Waals surface area contributed by atoms with E-state index in [1.54, 1.807) is 0 Å². The number of phenolic OH excluding ortho intramolecular Hbond substituents is 2. The first kappa shape index (κ1) is 37.9. The molecular weight excluding hydrogens is 712 g/mol. The third-order valence-electron chi connectivity index (χ3n) is 8.55. The topological polar surface area (TPSA) is 248 Å². The van der Waals surface area contributed by atoms with E-state index >= 15 is 0 Å².